The van der Waals surface area contributed by atoms with Gasteiger partial charge in [-0.2, -0.15) is 0 Å². The Hall–Kier alpha value is -4.19. The number of aliphatic hydroxyl groups excluding tert-OH is 1. The van der Waals surface area contributed by atoms with Crippen LogP contribution in [0.5, 0.6) is 11.5 Å². The van der Waals surface area contributed by atoms with Gasteiger partial charge in [0.1, 0.15) is 5.75 Å². The molecule has 1 amide bonds. The first kappa shape index (κ1) is 29.9. The molecule has 0 spiro atoms. The van der Waals surface area contributed by atoms with E-state index in [1.54, 1.807) is 42.7 Å². The molecule has 2 aromatic carbocycles. The lowest BCUT2D eigenvalue weighted by atomic mass is 10.0. The minimum Gasteiger partial charge on any atom is -0.453 e. The van der Waals surface area contributed by atoms with Gasteiger partial charge in [-0.25, -0.2) is 12.8 Å². The topological polar surface area (TPSA) is 110 Å². The van der Waals surface area contributed by atoms with Crippen LogP contribution in [0.3, 0.4) is 0 Å². The summed E-state index contributed by atoms with van der Waals surface area (Å²) < 4.78 is 45.6. The molecular weight excluding hydrogens is 602 g/mol. The molecule has 0 saturated carbocycles. The Morgan fingerprint density at radius 3 is 2.50 bits per heavy atom. The van der Waals surface area contributed by atoms with Crippen LogP contribution in [0.1, 0.15) is 29.5 Å². The van der Waals surface area contributed by atoms with Crippen molar-refractivity contribution in [2.45, 2.75) is 43.2 Å². The number of thiophene rings is 1. The van der Waals surface area contributed by atoms with Gasteiger partial charge in [0.25, 0.3) is 0 Å². The van der Waals surface area contributed by atoms with Crippen molar-refractivity contribution in [1.29, 1.82) is 0 Å². The van der Waals surface area contributed by atoms with E-state index < -0.39 is 21.8 Å². The number of halogens is 1. The molecule has 11 heteroatoms. The Morgan fingerprint density at radius 1 is 1.00 bits per heavy atom. The van der Waals surface area contributed by atoms with Crippen LogP contribution in [0.4, 0.5) is 4.39 Å². The van der Waals surface area contributed by atoms with Crippen molar-refractivity contribution in [3.63, 3.8) is 0 Å². The second-order valence-corrected chi connectivity index (χ2v) is 14.0. The van der Waals surface area contributed by atoms with Crippen molar-refractivity contribution >= 4 is 37.3 Å². The molecule has 3 aromatic heterocycles. The number of amides is 1. The molecule has 1 unspecified atom stereocenters. The zero-order valence-corrected chi connectivity index (χ0v) is 25.6. The van der Waals surface area contributed by atoms with Gasteiger partial charge in [0.2, 0.25) is 5.91 Å². The molecule has 226 valence electrons. The van der Waals surface area contributed by atoms with Gasteiger partial charge in [0.05, 0.1) is 31.8 Å². The zero-order valence-electron chi connectivity index (χ0n) is 23.9. The lowest BCUT2D eigenvalue weighted by Crippen LogP contribution is -2.23. The second kappa shape index (κ2) is 12.4. The van der Waals surface area contributed by atoms with E-state index in [-0.39, 0.29) is 29.4 Å². The van der Waals surface area contributed by atoms with Gasteiger partial charge < -0.3 is 14.7 Å². The smallest absolute Gasteiger partial charge is 0.222 e. The predicted octanol–water partition coefficient (Wildman–Crippen LogP) is 5.96. The third-order valence-corrected chi connectivity index (χ3v) is 9.75. The van der Waals surface area contributed by atoms with Crippen LogP contribution >= 0.6 is 11.3 Å². The normalized spacial score (nSPS) is 14.3. The van der Waals surface area contributed by atoms with E-state index >= 15 is 4.39 Å². The number of nitrogens with zero attached hydrogens (tertiary/aromatic N) is 3. The van der Waals surface area contributed by atoms with E-state index in [9.17, 15) is 18.3 Å². The van der Waals surface area contributed by atoms with Crippen molar-refractivity contribution < 1.29 is 27.4 Å². The number of ether oxygens (including phenoxy) is 1. The summed E-state index contributed by atoms with van der Waals surface area (Å²) in [6, 6.07) is 18.5. The maximum absolute atomic E-state index is 15.2. The SMILES string of the molecule is CS(=O)(=O)c1cccc(CC(O)Cc2ccc(Oc3ccnc4cc(-c5ccc(CN6CCCC6=O)cn5)sc34)c(F)c2)c1. The fourth-order valence-electron chi connectivity index (χ4n) is 5.27. The van der Waals surface area contributed by atoms with Crippen LogP contribution in [0.25, 0.3) is 20.8 Å². The number of aliphatic hydroxyl groups is 1. The van der Waals surface area contributed by atoms with Crippen LogP contribution < -0.4 is 4.74 Å². The number of hydrogen-bond donors (Lipinski definition) is 1. The Labute approximate surface area is 258 Å². The van der Waals surface area contributed by atoms with Crippen LogP contribution in [0.2, 0.25) is 0 Å². The molecule has 1 saturated heterocycles. The highest BCUT2D eigenvalue weighted by Gasteiger charge is 2.20. The molecule has 1 atom stereocenters. The average molecular weight is 632 g/mol. The van der Waals surface area contributed by atoms with Crippen LogP contribution in [0.15, 0.2) is 84.0 Å². The van der Waals surface area contributed by atoms with Crippen molar-refractivity contribution in [1.82, 2.24) is 14.9 Å². The van der Waals surface area contributed by atoms with Gasteiger partial charge in [0.15, 0.2) is 21.4 Å². The molecule has 8 nitrogen and oxygen atoms in total. The number of fused-ring (bicyclic) bond motifs is 1. The molecule has 6 rings (SSSR count). The van der Waals surface area contributed by atoms with E-state index in [0.717, 1.165) is 40.1 Å². The third-order valence-electron chi connectivity index (χ3n) is 7.48. The van der Waals surface area contributed by atoms with Gasteiger partial charge in [-0.15, -0.1) is 11.3 Å². The number of sulfone groups is 1. The summed E-state index contributed by atoms with van der Waals surface area (Å²) in [5.41, 5.74) is 3.72. The summed E-state index contributed by atoms with van der Waals surface area (Å²) in [5.74, 6) is 0.123. The van der Waals surface area contributed by atoms with Gasteiger partial charge in [-0.05, 0) is 72.4 Å². The molecule has 4 heterocycles. The Kier molecular flexibility index (Phi) is 8.44. The molecule has 44 heavy (non-hydrogen) atoms. The van der Waals surface area contributed by atoms with Crippen molar-refractivity contribution in [2.24, 2.45) is 0 Å². The highest BCUT2D eigenvalue weighted by molar-refractivity contribution is 7.90. The van der Waals surface area contributed by atoms with Gasteiger partial charge in [0, 0.05) is 44.2 Å². The lowest BCUT2D eigenvalue weighted by Gasteiger charge is -2.15. The van der Waals surface area contributed by atoms with Crippen molar-refractivity contribution in [3.05, 3.63) is 102 Å². The van der Waals surface area contributed by atoms with Crippen LogP contribution in [0, 0.1) is 5.82 Å². The van der Waals surface area contributed by atoms with Crippen molar-refractivity contribution in [2.75, 3.05) is 12.8 Å². The monoisotopic (exact) mass is 631 g/mol. The van der Waals surface area contributed by atoms with Crippen molar-refractivity contribution in [3.8, 4) is 22.1 Å². The van der Waals surface area contributed by atoms with E-state index in [1.165, 1.54) is 29.5 Å². The number of hydrogen-bond acceptors (Lipinski definition) is 8. The van der Waals surface area contributed by atoms with Gasteiger partial charge in [-0.1, -0.05) is 24.3 Å². The largest absolute Gasteiger partial charge is 0.453 e. The fourth-order valence-corrected chi connectivity index (χ4v) is 7.00. The summed E-state index contributed by atoms with van der Waals surface area (Å²) in [6.07, 6.45) is 5.63. The summed E-state index contributed by atoms with van der Waals surface area (Å²) in [7, 11) is -3.35. The van der Waals surface area contributed by atoms with E-state index in [1.807, 2.05) is 23.1 Å². The third kappa shape index (κ3) is 6.80. The summed E-state index contributed by atoms with van der Waals surface area (Å²) >= 11 is 1.45. The standard InChI is InChI=1S/C33H30FN3O5S2/c1-44(40,41)25-5-2-4-21(16-25)14-24(38)15-22-8-10-29(26(34)17-22)42-30-11-12-35-28-18-31(43-33(28)30)27-9-7-23(19-36-27)20-37-13-3-6-32(37)39/h2,4-5,7-12,16-19,24,38H,3,6,13-15,20H2,1H3. The number of aromatic nitrogens is 2. The van der Waals surface area contributed by atoms with E-state index in [4.69, 9.17) is 4.74 Å². The number of carbonyl (C=O) groups excluding carboxylic acids is 1. The number of pyridine rings is 2. The highest BCUT2D eigenvalue weighted by atomic mass is 32.2. The number of rotatable bonds is 10. The second-order valence-electron chi connectivity index (χ2n) is 11.0. The quantitative estimate of drug-likeness (QED) is 0.203. The summed E-state index contributed by atoms with van der Waals surface area (Å²) in [5, 5.41) is 10.6. The average Bonchev–Trinajstić information content (AvgIpc) is 3.61. The van der Waals surface area contributed by atoms with Gasteiger partial charge >= 0.3 is 0 Å². The first-order valence-corrected chi connectivity index (χ1v) is 16.9. The first-order chi connectivity index (χ1) is 21.1. The number of benzene rings is 2. The molecule has 0 radical (unpaired) electrons. The summed E-state index contributed by atoms with van der Waals surface area (Å²) in [4.78, 5) is 23.9. The molecule has 1 aliphatic rings. The molecule has 1 aliphatic heterocycles. The van der Waals surface area contributed by atoms with Crippen LogP contribution in [-0.4, -0.2) is 53.2 Å². The lowest BCUT2D eigenvalue weighted by molar-refractivity contribution is -0.128. The minimum atomic E-state index is -3.35. The Bertz CT molecular complexity index is 1940. The molecule has 0 aliphatic carbocycles. The minimum absolute atomic E-state index is 0.0467. The predicted molar refractivity (Wildman–Crippen MR) is 167 cm³/mol. The molecule has 1 N–H and O–H groups in total. The summed E-state index contributed by atoms with van der Waals surface area (Å²) in [6.45, 7) is 1.33. The number of likely N-dealkylation sites (tertiary alicyclic amines) is 1. The maximum Gasteiger partial charge on any atom is 0.222 e. The highest BCUT2D eigenvalue weighted by Crippen LogP contribution is 2.39. The van der Waals surface area contributed by atoms with Crippen LogP contribution in [-0.2, 0) is 34.0 Å². The molecule has 1 fully saturated rings. The fraction of sp³-hybridized carbons (Fsp3) is 0.242. The maximum atomic E-state index is 15.2. The first-order valence-electron chi connectivity index (χ1n) is 14.2. The molecule has 0 bridgehead atoms. The Morgan fingerprint density at radius 2 is 1.80 bits per heavy atom. The number of carbonyl (C=O) groups is 1. The van der Waals surface area contributed by atoms with E-state index in [2.05, 4.69) is 9.97 Å². The Balaban J connectivity index is 1.14. The molecular formula is C33H30FN3O5S2. The van der Waals surface area contributed by atoms with Gasteiger partial charge in [-0.3, -0.25) is 14.8 Å². The van der Waals surface area contributed by atoms with E-state index in [0.29, 0.717) is 35.4 Å². The zero-order chi connectivity index (χ0) is 30.8. The molecule has 5 aromatic rings.